The van der Waals surface area contributed by atoms with Crippen molar-refractivity contribution in [2.24, 2.45) is 7.05 Å². The summed E-state index contributed by atoms with van der Waals surface area (Å²) in [5.74, 6) is -0.132. The SMILES string of the molecule is CN1CC2(CN(C(=O)c3ccc4c(c3)[nH]c(=O)n4C)C2)OC1=O. The molecule has 2 fully saturated rings. The first-order valence-corrected chi connectivity index (χ1v) is 7.31. The summed E-state index contributed by atoms with van der Waals surface area (Å²) in [4.78, 5) is 41.5. The van der Waals surface area contributed by atoms with Gasteiger partial charge in [0.25, 0.3) is 5.91 Å². The summed E-state index contributed by atoms with van der Waals surface area (Å²) in [6.07, 6.45) is -0.347. The van der Waals surface area contributed by atoms with Crippen molar-refractivity contribution in [3.63, 3.8) is 0 Å². The number of aryl methyl sites for hydroxylation is 1. The highest BCUT2D eigenvalue weighted by Gasteiger charge is 2.54. The lowest BCUT2D eigenvalue weighted by molar-refractivity contribution is -0.0581. The monoisotopic (exact) mass is 316 g/mol. The molecule has 0 unspecified atom stereocenters. The van der Waals surface area contributed by atoms with Gasteiger partial charge in [-0.3, -0.25) is 9.36 Å². The maximum absolute atomic E-state index is 12.5. The number of rotatable bonds is 1. The predicted octanol–water partition coefficient (Wildman–Crippen LogP) is 0.143. The summed E-state index contributed by atoms with van der Waals surface area (Å²) in [7, 11) is 3.36. The molecule has 4 rings (SSSR count). The lowest BCUT2D eigenvalue weighted by atomic mass is 9.93. The number of aromatic amines is 1. The van der Waals surface area contributed by atoms with E-state index >= 15 is 0 Å². The van der Waals surface area contributed by atoms with E-state index in [4.69, 9.17) is 4.74 Å². The number of carbonyl (C=O) groups excluding carboxylic acids is 2. The van der Waals surface area contributed by atoms with E-state index in [0.717, 1.165) is 5.52 Å². The quantitative estimate of drug-likeness (QED) is 0.811. The number of imidazole rings is 1. The number of ether oxygens (including phenoxy) is 1. The fourth-order valence-corrected chi connectivity index (χ4v) is 3.30. The van der Waals surface area contributed by atoms with Gasteiger partial charge in [0.15, 0.2) is 5.60 Å². The highest BCUT2D eigenvalue weighted by molar-refractivity contribution is 5.98. The molecule has 0 bridgehead atoms. The van der Waals surface area contributed by atoms with Crippen LogP contribution in [0.1, 0.15) is 10.4 Å². The first-order chi connectivity index (χ1) is 10.9. The van der Waals surface area contributed by atoms with E-state index < -0.39 is 5.60 Å². The number of nitrogens with one attached hydrogen (secondary N) is 1. The van der Waals surface area contributed by atoms with E-state index in [1.54, 1.807) is 37.2 Å². The average molecular weight is 316 g/mol. The van der Waals surface area contributed by atoms with Crippen molar-refractivity contribution in [1.82, 2.24) is 19.4 Å². The van der Waals surface area contributed by atoms with Crippen molar-refractivity contribution in [3.8, 4) is 0 Å². The smallest absolute Gasteiger partial charge is 0.410 e. The molecule has 1 spiro atoms. The van der Waals surface area contributed by atoms with Crippen LogP contribution in [0.15, 0.2) is 23.0 Å². The Bertz CT molecular complexity index is 891. The van der Waals surface area contributed by atoms with Gasteiger partial charge in [-0.2, -0.15) is 0 Å². The predicted molar refractivity (Wildman–Crippen MR) is 81.3 cm³/mol. The van der Waals surface area contributed by atoms with Crippen LogP contribution in [-0.4, -0.2) is 63.6 Å². The minimum Gasteiger partial charge on any atom is -0.437 e. The third-order valence-corrected chi connectivity index (χ3v) is 4.54. The van der Waals surface area contributed by atoms with Gasteiger partial charge in [0.2, 0.25) is 0 Å². The highest BCUT2D eigenvalue weighted by atomic mass is 16.6. The number of likely N-dealkylation sites (N-methyl/N-ethyl adjacent to an activating group) is 1. The second kappa shape index (κ2) is 4.37. The number of amides is 2. The molecule has 120 valence electrons. The summed E-state index contributed by atoms with van der Waals surface area (Å²) in [5.41, 5.74) is 1.11. The maximum atomic E-state index is 12.5. The second-order valence-corrected chi connectivity index (χ2v) is 6.29. The van der Waals surface area contributed by atoms with Gasteiger partial charge in [0, 0.05) is 19.7 Å². The molecule has 1 aromatic carbocycles. The summed E-state index contributed by atoms with van der Waals surface area (Å²) in [6.45, 7) is 1.29. The fourth-order valence-electron chi connectivity index (χ4n) is 3.30. The molecule has 2 amide bonds. The normalized spacial score (nSPS) is 19.3. The molecule has 2 aliphatic rings. The van der Waals surface area contributed by atoms with Crippen LogP contribution < -0.4 is 5.69 Å². The van der Waals surface area contributed by atoms with Crippen molar-refractivity contribution in [3.05, 3.63) is 34.2 Å². The Morgan fingerprint density at radius 1 is 1.22 bits per heavy atom. The number of nitrogens with zero attached hydrogens (tertiary/aromatic N) is 3. The zero-order valence-electron chi connectivity index (χ0n) is 12.8. The molecule has 2 saturated heterocycles. The van der Waals surface area contributed by atoms with E-state index in [2.05, 4.69) is 4.98 Å². The Balaban J connectivity index is 1.55. The standard InChI is InChI=1S/C15H16N4O4/c1-17-6-15(23-14(17)22)7-19(8-15)12(20)9-3-4-11-10(5-9)16-13(21)18(11)2/h3-5H,6-8H2,1-2H3,(H,16,21). The molecular formula is C15H16N4O4. The van der Waals surface area contributed by atoms with Gasteiger partial charge in [-0.05, 0) is 18.2 Å². The zero-order chi connectivity index (χ0) is 16.4. The second-order valence-electron chi connectivity index (χ2n) is 6.29. The highest BCUT2D eigenvalue weighted by Crippen LogP contribution is 2.32. The molecular weight excluding hydrogens is 300 g/mol. The van der Waals surface area contributed by atoms with Crippen LogP contribution in [0.2, 0.25) is 0 Å². The Hall–Kier alpha value is -2.77. The Labute approximate surface area is 131 Å². The molecule has 1 aromatic heterocycles. The van der Waals surface area contributed by atoms with Crippen molar-refractivity contribution in [1.29, 1.82) is 0 Å². The number of likely N-dealkylation sites (tertiary alicyclic amines) is 1. The Morgan fingerprint density at radius 2 is 1.96 bits per heavy atom. The maximum Gasteiger partial charge on any atom is 0.410 e. The molecule has 0 saturated carbocycles. The summed E-state index contributed by atoms with van der Waals surface area (Å²) in [5, 5.41) is 0. The molecule has 8 nitrogen and oxygen atoms in total. The summed E-state index contributed by atoms with van der Waals surface area (Å²) < 4.78 is 6.84. The van der Waals surface area contributed by atoms with Gasteiger partial charge in [-0.1, -0.05) is 0 Å². The van der Waals surface area contributed by atoms with Crippen molar-refractivity contribution >= 4 is 23.0 Å². The van der Waals surface area contributed by atoms with Crippen molar-refractivity contribution in [2.75, 3.05) is 26.7 Å². The molecule has 1 N–H and O–H groups in total. The third-order valence-electron chi connectivity index (χ3n) is 4.54. The first-order valence-electron chi connectivity index (χ1n) is 7.31. The van der Waals surface area contributed by atoms with E-state index in [1.165, 1.54) is 9.47 Å². The molecule has 0 radical (unpaired) electrons. The Morgan fingerprint density at radius 3 is 2.61 bits per heavy atom. The molecule has 8 heteroatoms. The van der Waals surface area contributed by atoms with Crippen LogP contribution in [-0.2, 0) is 11.8 Å². The van der Waals surface area contributed by atoms with Crippen LogP contribution in [0.5, 0.6) is 0 Å². The molecule has 23 heavy (non-hydrogen) atoms. The molecule has 3 heterocycles. The van der Waals surface area contributed by atoms with Gasteiger partial charge in [0.05, 0.1) is 30.7 Å². The van der Waals surface area contributed by atoms with Crippen LogP contribution in [0.25, 0.3) is 11.0 Å². The fraction of sp³-hybridized carbons (Fsp3) is 0.400. The number of carbonyl (C=O) groups is 2. The molecule has 0 atom stereocenters. The molecule has 2 aromatic rings. The van der Waals surface area contributed by atoms with Crippen molar-refractivity contribution < 1.29 is 14.3 Å². The van der Waals surface area contributed by atoms with E-state index in [-0.39, 0.29) is 17.7 Å². The Kier molecular flexibility index (Phi) is 2.64. The van der Waals surface area contributed by atoms with E-state index in [9.17, 15) is 14.4 Å². The van der Waals surface area contributed by atoms with Gasteiger partial charge < -0.3 is 19.5 Å². The summed E-state index contributed by atoms with van der Waals surface area (Å²) in [6, 6.07) is 5.13. The van der Waals surface area contributed by atoms with Crippen LogP contribution in [0.4, 0.5) is 4.79 Å². The van der Waals surface area contributed by atoms with Crippen molar-refractivity contribution in [2.45, 2.75) is 5.60 Å². The minimum absolute atomic E-state index is 0.132. The topological polar surface area (TPSA) is 87.6 Å². The number of aromatic nitrogens is 2. The number of fused-ring (bicyclic) bond motifs is 1. The molecule has 2 aliphatic heterocycles. The third kappa shape index (κ3) is 1.94. The van der Waals surface area contributed by atoms with Crippen LogP contribution in [0, 0.1) is 0 Å². The first kappa shape index (κ1) is 13.9. The largest absolute Gasteiger partial charge is 0.437 e. The minimum atomic E-state index is -0.563. The van der Waals surface area contributed by atoms with E-state index in [0.29, 0.717) is 30.7 Å². The lowest BCUT2D eigenvalue weighted by Gasteiger charge is -2.45. The van der Waals surface area contributed by atoms with Gasteiger partial charge >= 0.3 is 11.8 Å². The van der Waals surface area contributed by atoms with Gasteiger partial charge in [0.1, 0.15) is 0 Å². The average Bonchev–Trinajstić information content (AvgIpc) is 2.94. The number of hydrogen-bond acceptors (Lipinski definition) is 4. The zero-order valence-corrected chi connectivity index (χ0v) is 12.8. The molecule has 0 aliphatic carbocycles. The van der Waals surface area contributed by atoms with Crippen LogP contribution >= 0.6 is 0 Å². The van der Waals surface area contributed by atoms with Gasteiger partial charge in [-0.15, -0.1) is 0 Å². The summed E-state index contributed by atoms with van der Waals surface area (Å²) >= 11 is 0. The van der Waals surface area contributed by atoms with Gasteiger partial charge in [-0.25, -0.2) is 9.59 Å². The number of hydrogen-bond donors (Lipinski definition) is 1. The van der Waals surface area contributed by atoms with E-state index in [1.807, 2.05) is 0 Å². The number of H-pyrrole nitrogens is 1. The lowest BCUT2D eigenvalue weighted by Crippen LogP contribution is -2.65. The van der Waals surface area contributed by atoms with Crippen LogP contribution in [0.3, 0.4) is 0 Å². The number of benzene rings is 1.